The van der Waals surface area contributed by atoms with Gasteiger partial charge in [0.2, 0.25) is 5.91 Å². The Morgan fingerprint density at radius 1 is 1.12 bits per heavy atom. The SMILES string of the molecule is CCOC(=O)N1CCN([C@@H](C)C(=O)Nc2c(C)cc(C)cc2C)CC1. The molecule has 2 rings (SSSR count). The number of anilines is 1. The maximum atomic E-state index is 12.7. The molecule has 1 aromatic carbocycles. The zero-order chi connectivity index (χ0) is 18.6. The molecule has 1 heterocycles. The van der Waals surface area contributed by atoms with Crippen LogP contribution in [0.1, 0.15) is 30.5 Å². The summed E-state index contributed by atoms with van der Waals surface area (Å²) in [6.45, 7) is 12.7. The van der Waals surface area contributed by atoms with Crippen LogP contribution in [0.15, 0.2) is 12.1 Å². The number of carbonyl (C=O) groups is 2. The van der Waals surface area contributed by atoms with Crippen molar-refractivity contribution < 1.29 is 14.3 Å². The van der Waals surface area contributed by atoms with Crippen LogP contribution < -0.4 is 5.32 Å². The Morgan fingerprint density at radius 2 is 1.68 bits per heavy atom. The smallest absolute Gasteiger partial charge is 0.409 e. The number of hydrogen-bond acceptors (Lipinski definition) is 4. The molecular weight excluding hydrogens is 318 g/mol. The molecule has 6 heteroatoms. The van der Waals surface area contributed by atoms with E-state index in [9.17, 15) is 9.59 Å². The Bertz CT molecular complexity index is 614. The number of aryl methyl sites for hydroxylation is 3. The summed E-state index contributed by atoms with van der Waals surface area (Å²) in [5.41, 5.74) is 4.24. The van der Waals surface area contributed by atoms with Gasteiger partial charge in [-0.15, -0.1) is 0 Å². The maximum Gasteiger partial charge on any atom is 0.409 e. The third kappa shape index (κ3) is 4.72. The molecule has 1 aliphatic heterocycles. The van der Waals surface area contributed by atoms with Crippen LogP contribution >= 0.6 is 0 Å². The van der Waals surface area contributed by atoms with Crippen molar-refractivity contribution in [2.45, 2.75) is 40.7 Å². The monoisotopic (exact) mass is 347 g/mol. The average molecular weight is 347 g/mol. The molecule has 1 aromatic rings. The molecule has 0 saturated carbocycles. The summed E-state index contributed by atoms with van der Waals surface area (Å²) < 4.78 is 5.03. The topological polar surface area (TPSA) is 61.9 Å². The van der Waals surface area contributed by atoms with Gasteiger partial charge in [-0.25, -0.2) is 4.79 Å². The summed E-state index contributed by atoms with van der Waals surface area (Å²) in [4.78, 5) is 28.2. The minimum atomic E-state index is -0.273. The van der Waals surface area contributed by atoms with Gasteiger partial charge in [0.05, 0.1) is 12.6 Å². The molecule has 0 bridgehead atoms. The Kier molecular flexibility index (Phi) is 6.42. The molecule has 1 aliphatic rings. The standard InChI is InChI=1S/C19H29N3O3/c1-6-25-19(24)22-9-7-21(8-10-22)16(5)18(23)20-17-14(3)11-13(2)12-15(17)4/h11-12,16H,6-10H2,1-5H3,(H,20,23)/t16-/m0/s1. The van der Waals surface area contributed by atoms with E-state index >= 15 is 0 Å². The Labute approximate surface area is 150 Å². The van der Waals surface area contributed by atoms with E-state index < -0.39 is 0 Å². The number of carbonyl (C=O) groups excluding carboxylic acids is 2. The van der Waals surface area contributed by atoms with Gasteiger partial charge in [-0.3, -0.25) is 9.69 Å². The van der Waals surface area contributed by atoms with Gasteiger partial charge >= 0.3 is 6.09 Å². The average Bonchev–Trinajstić information content (AvgIpc) is 2.57. The summed E-state index contributed by atoms with van der Waals surface area (Å²) in [5, 5.41) is 3.07. The predicted octanol–water partition coefficient (Wildman–Crippen LogP) is 2.71. The second-order valence-electron chi connectivity index (χ2n) is 6.66. The fourth-order valence-electron chi connectivity index (χ4n) is 3.28. The van der Waals surface area contributed by atoms with Crippen molar-refractivity contribution in [1.82, 2.24) is 9.80 Å². The van der Waals surface area contributed by atoms with E-state index in [4.69, 9.17) is 4.74 Å². The van der Waals surface area contributed by atoms with E-state index in [0.29, 0.717) is 32.8 Å². The van der Waals surface area contributed by atoms with Crippen molar-refractivity contribution in [2.24, 2.45) is 0 Å². The summed E-state index contributed by atoms with van der Waals surface area (Å²) in [5.74, 6) is -0.0142. The number of benzene rings is 1. The van der Waals surface area contributed by atoms with Gasteiger partial charge in [0.1, 0.15) is 0 Å². The Balaban J connectivity index is 1.94. The normalized spacial score (nSPS) is 16.4. The van der Waals surface area contributed by atoms with E-state index in [2.05, 4.69) is 29.3 Å². The fourth-order valence-corrected chi connectivity index (χ4v) is 3.28. The van der Waals surface area contributed by atoms with Crippen LogP contribution in [-0.2, 0) is 9.53 Å². The molecule has 0 spiro atoms. The van der Waals surface area contributed by atoms with Gasteiger partial charge in [-0.2, -0.15) is 0 Å². The fraction of sp³-hybridized carbons (Fsp3) is 0.579. The summed E-state index contributed by atoms with van der Waals surface area (Å²) in [7, 11) is 0. The van der Waals surface area contributed by atoms with E-state index in [1.165, 1.54) is 5.56 Å². The van der Waals surface area contributed by atoms with E-state index in [1.807, 2.05) is 20.8 Å². The molecule has 0 aromatic heterocycles. The first-order valence-corrected chi connectivity index (χ1v) is 8.88. The molecule has 25 heavy (non-hydrogen) atoms. The number of amides is 2. The lowest BCUT2D eigenvalue weighted by Crippen LogP contribution is -2.54. The first-order chi connectivity index (χ1) is 11.8. The lowest BCUT2D eigenvalue weighted by atomic mass is 10.0. The minimum absolute atomic E-state index is 0.0142. The molecule has 0 radical (unpaired) electrons. The van der Waals surface area contributed by atoms with Crippen molar-refractivity contribution in [3.05, 3.63) is 28.8 Å². The molecule has 1 N–H and O–H groups in total. The van der Waals surface area contributed by atoms with Gasteiger partial charge in [-0.1, -0.05) is 17.7 Å². The predicted molar refractivity (Wildman–Crippen MR) is 98.9 cm³/mol. The van der Waals surface area contributed by atoms with E-state index in [-0.39, 0.29) is 18.0 Å². The molecule has 6 nitrogen and oxygen atoms in total. The number of piperazine rings is 1. The minimum Gasteiger partial charge on any atom is -0.450 e. The van der Waals surface area contributed by atoms with E-state index in [1.54, 1.807) is 11.8 Å². The summed E-state index contributed by atoms with van der Waals surface area (Å²) >= 11 is 0. The highest BCUT2D eigenvalue weighted by Gasteiger charge is 2.28. The first kappa shape index (κ1) is 19.2. The van der Waals surface area contributed by atoms with Gasteiger partial charge < -0.3 is 15.0 Å². The molecule has 1 atom stereocenters. The van der Waals surface area contributed by atoms with Crippen molar-refractivity contribution >= 4 is 17.7 Å². The van der Waals surface area contributed by atoms with Crippen LogP contribution in [0.25, 0.3) is 0 Å². The molecule has 1 fully saturated rings. The zero-order valence-electron chi connectivity index (χ0n) is 15.9. The van der Waals surface area contributed by atoms with Crippen molar-refractivity contribution in [2.75, 3.05) is 38.1 Å². The van der Waals surface area contributed by atoms with Crippen LogP contribution in [-0.4, -0.2) is 60.6 Å². The largest absolute Gasteiger partial charge is 0.450 e. The van der Waals surface area contributed by atoms with Gasteiger partial charge in [0.25, 0.3) is 0 Å². The summed E-state index contributed by atoms with van der Waals surface area (Å²) in [6.07, 6.45) is -0.273. The number of hydrogen-bond donors (Lipinski definition) is 1. The highest BCUT2D eigenvalue weighted by Crippen LogP contribution is 2.22. The number of nitrogens with one attached hydrogen (secondary N) is 1. The quantitative estimate of drug-likeness (QED) is 0.910. The highest BCUT2D eigenvalue weighted by molar-refractivity contribution is 5.96. The molecule has 138 valence electrons. The van der Waals surface area contributed by atoms with Crippen LogP contribution in [0.4, 0.5) is 10.5 Å². The third-order valence-electron chi connectivity index (χ3n) is 4.69. The molecule has 1 saturated heterocycles. The van der Waals surface area contributed by atoms with Crippen LogP contribution in [0.5, 0.6) is 0 Å². The van der Waals surface area contributed by atoms with Crippen molar-refractivity contribution in [1.29, 1.82) is 0 Å². The lowest BCUT2D eigenvalue weighted by molar-refractivity contribution is -0.121. The lowest BCUT2D eigenvalue weighted by Gasteiger charge is -2.36. The Hall–Kier alpha value is -2.08. The summed E-state index contributed by atoms with van der Waals surface area (Å²) in [6, 6.07) is 3.90. The Morgan fingerprint density at radius 3 is 2.20 bits per heavy atom. The van der Waals surface area contributed by atoms with Crippen LogP contribution in [0.3, 0.4) is 0 Å². The second kappa shape index (κ2) is 8.34. The van der Waals surface area contributed by atoms with Gasteiger partial charge in [-0.05, 0) is 45.7 Å². The first-order valence-electron chi connectivity index (χ1n) is 8.88. The van der Waals surface area contributed by atoms with Gasteiger partial charge in [0, 0.05) is 31.9 Å². The van der Waals surface area contributed by atoms with Crippen molar-refractivity contribution in [3.8, 4) is 0 Å². The molecule has 2 amide bonds. The van der Waals surface area contributed by atoms with Crippen LogP contribution in [0, 0.1) is 20.8 Å². The highest BCUT2D eigenvalue weighted by atomic mass is 16.6. The van der Waals surface area contributed by atoms with Crippen LogP contribution in [0.2, 0.25) is 0 Å². The zero-order valence-corrected chi connectivity index (χ0v) is 15.9. The molecule has 0 aliphatic carbocycles. The number of ether oxygens (including phenoxy) is 1. The van der Waals surface area contributed by atoms with Gasteiger partial charge in [0.15, 0.2) is 0 Å². The number of nitrogens with zero attached hydrogens (tertiary/aromatic N) is 2. The molecular formula is C19H29N3O3. The van der Waals surface area contributed by atoms with E-state index in [0.717, 1.165) is 16.8 Å². The second-order valence-corrected chi connectivity index (χ2v) is 6.66. The third-order valence-corrected chi connectivity index (χ3v) is 4.69. The van der Waals surface area contributed by atoms with Crippen molar-refractivity contribution in [3.63, 3.8) is 0 Å². The molecule has 0 unspecified atom stereocenters. The maximum absolute atomic E-state index is 12.7. The number of rotatable bonds is 4.